The standard InChI is InChI=1S/C17H24ClN3/c1-4-9-19-17(8-6-14-11-20-21(3)12-14)16-10-15(18)7-5-13(16)2/h5,7,10-12,17,19H,4,6,8-9H2,1-3H3. The van der Waals surface area contributed by atoms with Crippen molar-refractivity contribution in [2.45, 2.75) is 39.2 Å². The molecule has 0 fully saturated rings. The quantitative estimate of drug-likeness (QED) is 0.836. The van der Waals surface area contributed by atoms with Crippen molar-refractivity contribution >= 4 is 11.6 Å². The molecule has 0 radical (unpaired) electrons. The lowest BCUT2D eigenvalue weighted by Gasteiger charge is -2.21. The maximum Gasteiger partial charge on any atom is 0.0521 e. The summed E-state index contributed by atoms with van der Waals surface area (Å²) in [6, 6.07) is 6.48. The van der Waals surface area contributed by atoms with E-state index in [0.29, 0.717) is 6.04 Å². The number of aromatic nitrogens is 2. The van der Waals surface area contributed by atoms with E-state index in [-0.39, 0.29) is 0 Å². The molecular weight excluding hydrogens is 282 g/mol. The SMILES string of the molecule is CCCNC(CCc1cnn(C)c1)c1cc(Cl)ccc1C. The molecule has 2 aromatic rings. The van der Waals surface area contributed by atoms with Crippen LogP contribution in [0.4, 0.5) is 0 Å². The lowest BCUT2D eigenvalue weighted by atomic mass is 9.96. The van der Waals surface area contributed by atoms with Crippen molar-refractivity contribution < 1.29 is 0 Å². The fraction of sp³-hybridized carbons (Fsp3) is 0.471. The zero-order valence-electron chi connectivity index (χ0n) is 13.1. The molecule has 0 aliphatic carbocycles. The molecule has 2 rings (SSSR count). The molecule has 1 atom stereocenters. The predicted molar refractivity (Wildman–Crippen MR) is 88.8 cm³/mol. The minimum Gasteiger partial charge on any atom is -0.310 e. The highest BCUT2D eigenvalue weighted by Gasteiger charge is 2.14. The third-order valence-electron chi connectivity index (χ3n) is 3.74. The Hall–Kier alpha value is -1.32. The van der Waals surface area contributed by atoms with Crippen molar-refractivity contribution in [3.8, 4) is 0 Å². The van der Waals surface area contributed by atoms with Gasteiger partial charge in [-0.25, -0.2) is 0 Å². The average molecular weight is 306 g/mol. The van der Waals surface area contributed by atoms with E-state index in [2.05, 4.69) is 42.6 Å². The molecule has 1 aromatic heterocycles. The molecular formula is C17H24ClN3. The summed E-state index contributed by atoms with van der Waals surface area (Å²) in [5.74, 6) is 0. The maximum atomic E-state index is 6.17. The van der Waals surface area contributed by atoms with Crippen molar-refractivity contribution in [3.05, 3.63) is 52.3 Å². The van der Waals surface area contributed by atoms with Crippen molar-refractivity contribution in [1.29, 1.82) is 0 Å². The average Bonchev–Trinajstić information content (AvgIpc) is 2.88. The summed E-state index contributed by atoms with van der Waals surface area (Å²) in [7, 11) is 1.96. The van der Waals surface area contributed by atoms with Gasteiger partial charge in [-0.3, -0.25) is 4.68 Å². The van der Waals surface area contributed by atoms with Crippen LogP contribution in [0.15, 0.2) is 30.6 Å². The molecule has 1 heterocycles. The van der Waals surface area contributed by atoms with Crippen LogP contribution in [0.3, 0.4) is 0 Å². The van der Waals surface area contributed by atoms with Gasteiger partial charge in [-0.05, 0) is 61.6 Å². The topological polar surface area (TPSA) is 29.9 Å². The first-order valence-corrected chi connectivity index (χ1v) is 7.95. The molecule has 1 aromatic carbocycles. The van der Waals surface area contributed by atoms with Gasteiger partial charge in [-0.1, -0.05) is 24.6 Å². The first kappa shape index (κ1) is 16.1. The van der Waals surface area contributed by atoms with Gasteiger partial charge in [0.25, 0.3) is 0 Å². The Labute approximate surface area is 132 Å². The van der Waals surface area contributed by atoms with E-state index in [0.717, 1.165) is 30.8 Å². The Balaban J connectivity index is 2.11. The van der Waals surface area contributed by atoms with Gasteiger partial charge in [0, 0.05) is 24.3 Å². The van der Waals surface area contributed by atoms with Gasteiger partial charge >= 0.3 is 0 Å². The van der Waals surface area contributed by atoms with Gasteiger partial charge in [-0.15, -0.1) is 0 Å². The highest BCUT2D eigenvalue weighted by Crippen LogP contribution is 2.25. The number of benzene rings is 1. The van der Waals surface area contributed by atoms with Crippen molar-refractivity contribution in [2.24, 2.45) is 7.05 Å². The summed E-state index contributed by atoms with van der Waals surface area (Å²) in [5.41, 5.74) is 3.87. The zero-order valence-corrected chi connectivity index (χ0v) is 13.8. The number of rotatable bonds is 7. The van der Waals surface area contributed by atoms with Crippen LogP contribution in [0.5, 0.6) is 0 Å². The second-order valence-electron chi connectivity index (χ2n) is 5.57. The molecule has 0 saturated carbocycles. The van der Waals surface area contributed by atoms with E-state index in [4.69, 9.17) is 11.6 Å². The third kappa shape index (κ3) is 4.58. The lowest BCUT2D eigenvalue weighted by molar-refractivity contribution is 0.497. The number of nitrogens with one attached hydrogen (secondary N) is 1. The summed E-state index contributed by atoms with van der Waals surface area (Å²) < 4.78 is 1.86. The van der Waals surface area contributed by atoms with E-state index in [1.165, 1.54) is 16.7 Å². The summed E-state index contributed by atoms with van der Waals surface area (Å²) in [6.45, 7) is 5.36. The Morgan fingerprint density at radius 2 is 2.19 bits per heavy atom. The molecule has 3 nitrogen and oxygen atoms in total. The Morgan fingerprint density at radius 1 is 1.38 bits per heavy atom. The van der Waals surface area contributed by atoms with Gasteiger partial charge in [0.05, 0.1) is 6.20 Å². The molecule has 21 heavy (non-hydrogen) atoms. The smallest absolute Gasteiger partial charge is 0.0521 e. The molecule has 1 N–H and O–H groups in total. The molecule has 0 saturated heterocycles. The largest absolute Gasteiger partial charge is 0.310 e. The van der Waals surface area contributed by atoms with Gasteiger partial charge in [0.1, 0.15) is 0 Å². The maximum absolute atomic E-state index is 6.17. The molecule has 0 bridgehead atoms. The first-order valence-electron chi connectivity index (χ1n) is 7.57. The molecule has 0 aliphatic heterocycles. The van der Waals surface area contributed by atoms with E-state index in [1.807, 2.05) is 24.0 Å². The fourth-order valence-corrected chi connectivity index (χ4v) is 2.77. The predicted octanol–water partition coefficient (Wildman–Crippen LogP) is 4.06. The van der Waals surface area contributed by atoms with E-state index >= 15 is 0 Å². The van der Waals surface area contributed by atoms with Crippen molar-refractivity contribution in [1.82, 2.24) is 15.1 Å². The molecule has 0 amide bonds. The Morgan fingerprint density at radius 3 is 2.86 bits per heavy atom. The van der Waals surface area contributed by atoms with E-state index in [1.54, 1.807) is 0 Å². The molecule has 4 heteroatoms. The molecule has 0 spiro atoms. The number of hydrogen-bond acceptors (Lipinski definition) is 2. The van der Waals surface area contributed by atoms with Crippen LogP contribution in [-0.4, -0.2) is 16.3 Å². The minimum atomic E-state index is 0.337. The second-order valence-corrected chi connectivity index (χ2v) is 6.00. The van der Waals surface area contributed by atoms with Crippen molar-refractivity contribution in [3.63, 3.8) is 0 Å². The van der Waals surface area contributed by atoms with Crippen molar-refractivity contribution in [2.75, 3.05) is 6.54 Å². The van der Waals surface area contributed by atoms with Crippen LogP contribution in [0.1, 0.15) is 42.5 Å². The first-order chi connectivity index (χ1) is 10.1. The molecule has 1 unspecified atom stereocenters. The summed E-state index contributed by atoms with van der Waals surface area (Å²) >= 11 is 6.17. The highest BCUT2D eigenvalue weighted by molar-refractivity contribution is 6.30. The summed E-state index contributed by atoms with van der Waals surface area (Å²) in [5, 5.41) is 8.69. The van der Waals surface area contributed by atoms with Gasteiger partial charge in [0.15, 0.2) is 0 Å². The minimum absolute atomic E-state index is 0.337. The van der Waals surface area contributed by atoms with Gasteiger partial charge < -0.3 is 5.32 Å². The molecule has 0 aliphatic rings. The monoisotopic (exact) mass is 305 g/mol. The van der Waals surface area contributed by atoms with Crippen LogP contribution in [0, 0.1) is 6.92 Å². The number of hydrogen-bond donors (Lipinski definition) is 1. The lowest BCUT2D eigenvalue weighted by Crippen LogP contribution is -2.23. The molecule has 114 valence electrons. The van der Waals surface area contributed by atoms with Gasteiger partial charge in [-0.2, -0.15) is 5.10 Å². The van der Waals surface area contributed by atoms with Crippen LogP contribution in [0.2, 0.25) is 5.02 Å². The number of nitrogens with zero attached hydrogens (tertiary/aromatic N) is 2. The van der Waals surface area contributed by atoms with Crippen LogP contribution < -0.4 is 5.32 Å². The number of halogens is 1. The third-order valence-corrected chi connectivity index (χ3v) is 3.97. The van der Waals surface area contributed by atoms with E-state index < -0.39 is 0 Å². The fourth-order valence-electron chi connectivity index (χ4n) is 2.58. The van der Waals surface area contributed by atoms with Crippen LogP contribution in [0.25, 0.3) is 0 Å². The zero-order chi connectivity index (χ0) is 15.2. The summed E-state index contributed by atoms with van der Waals surface area (Å²) in [6.07, 6.45) is 7.22. The normalized spacial score (nSPS) is 12.6. The van der Waals surface area contributed by atoms with Crippen LogP contribution in [-0.2, 0) is 13.5 Å². The van der Waals surface area contributed by atoms with Gasteiger partial charge in [0.2, 0.25) is 0 Å². The second kappa shape index (κ2) is 7.62. The Bertz CT molecular complexity index is 577. The Kier molecular flexibility index (Phi) is 5.83. The summed E-state index contributed by atoms with van der Waals surface area (Å²) in [4.78, 5) is 0. The number of aryl methyl sites for hydroxylation is 3. The van der Waals surface area contributed by atoms with E-state index in [9.17, 15) is 0 Å². The van der Waals surface area contributed by atoms with Crippen LogP contribution >= 0.6 is 11.6 Å². The highest BCUT2D eigenvalue weighted by atomic mass is 35.5.